The van der Waals surface area contributed by atoms with Gasteiger partial charge in [0, 0.05) is 19.5 Å². The smallest absolute Gasteiger partial charge is 0.223 e. The summed E-state index contributed by atoms with van der Waals surface area (Å²) in [5.74, 6) is -0.102. The lowest BCUT2D eigenvalue weighted by atomic mass is 10.3. The highest BCUT2D eigenvalue weighted by molar-refractivity contribution is 6.68. The van der Waals surface area contributed by atoms with Gasteiger partial charge in [-0.05, 0) is 6.42 Å². The van der Waals surface area contributed by atoms with Gasteiger partial charge in [0.05, 0.1) is 13.2 Å². The molecule has 1 amide bonds. The zero-order valence-electron chi connectivity index (χ0n) is 9.72. The van der Waals surface area contributed by atoms with E-state index in [0.717, 1.165) is 6.42 Å². The van der Waals surface area contributed by atoms with E-state index in [2.05, 4.69) is 5.32 Å². The highest BCUT2D eigenvalue weighted by Gasteiger charge is 2.38. The summed E-state index contributed by atoms with van der Waals surface area (Å²) < 4.78 is 3.69. The second kappa shape index (κ2) is 7.00. The Morgan fingerprint density at radius 2 is 2.00 bits per heavy atom. The monoisotopic (exact) mass is 302 g/mol. The Bertz CT molecular complexity index is 252. The Kier molecular flexibility index (Phi) is 6.31. The number of carbonyl (C=O) groups is 1. The van der Waals surface area contributed by atoms with E-state index >= 15 is 0 Å². The predicted octanol–water partition coefficient (Wildman–Crippen LogP) is 1.93. The minimum atomic E-state index is -1.54. The second-order valence-corrected chi connectivity index (χ2v) is 6.28. The van der Waals surface area contributed by atoms with Crippen LogP contribution in [0, 0.1) is 0 Å². The van der Waals surface area contributed by atoms with Crippen molar-refractivity contribution in [3.05, 3.63) is 0 Å². The summed E-state index contributed by atoms with van der Waals surface area (Å²) in [6.07, 6.45) is 0.596. The van der Waals surface area contributed by atoms with E-state index in [1.165, 1.54) is 0 Å². The standard InChI is InChI=1S/C10H17Cl3N2O2/c1-2-3-8(16)14-9(10(11,12)13)15-4-6-17-7-5-15/h9H,2-7H2,1H3,(H,14,16)/t9-/m0/s1. The maximum absolute atomic E-state index is 11.6. The van der Waals surface area contributed by atoms with Gasteiger partial charge in [-0.1, -0.05) is 41.7 Å². The van der Waals surface area contributed by atoms with Crippen molar-refractivity contribution >= 4 is 40.7 Å². The first-order valence-corrected chi connectivity index (χ1v) is 6.76. The van der Waals surface area contributed by atoms with Crippen molar-refractivity contribution in [2.24, 2.45) is 0 Å². The highest BCUT2D eigenvalue weighted by Crippen LogP contribution is 2.32. The van der Waals surface area contributed by atoms with Crippen LogP contribution < -0.4 is 5.32 Å². The molecule has 0 aromatic carbocycles. The zero-order valence-corrected chi connectivity index (χ0v) is 12.0. The first-order valence-electron chi connectivity index (χ1n) is 5.63. The van der Waals surface area contributed by atoms with Crippen LogP contribution in [-0.2, 0) is 9.53 Å². The summed E-state index contributed by atoms with van der Waals surface area (Å²) in [6.45, 7) is 4.39. The van der Waals surface area contributed by atoms with E-state index in [-0.39, 0.29) is 5.91 Å². The van der Waals surface area contributed by atoms with Gasteiger partial charge >= 0.3 is 0 Å². The molecule has 0 radical (unpaired) electrons. The molecule has 7 heteroatoms. The molecule has 1 rings (SSSR count). The van der Waals surface area contributed by atoms with Gasteiger partial charge in [0.15, 0.2) is 0 Å². The summed E-state index contributed by atoms with van der Waals surface area (Å²) in [5.41, 5.74) is 0. The van der Waals surface area contributed by atoms with Gasteiger partial charge in [-0.25, -0.2) is 0 Å². The Morgan fingerprint density at radius 1 is 1.41 bits per heavy atom. The molecule has 1 atom stereocenters. The van der Waals surface area contributed by atoms with Gasteiger partial charge in [0.25, 0.3) is 0 Å². The molecule has 17 heavy (non-hydrogen) atoms. The number of morpholine rings is 1. The number of ether oxygens (including phenoxy) is 1. The van der Waals surface area contributed by atoms with E-state index in [1.54, 1.807) is 0 Å². The Balaban J connectivity index is 2.63. The van der Waals surface area contributed by atoms with Crippen LogP contribution in [-0.4, -0.2) is 47.1 Å². The third-order valence-corrected chi connectivity index (χ3v) is 3.12. The van der Waals surface area contributed by atoms with Gasteiger partial charge < -0.3 is 10.1 Å². The Hall–Kier alpha value is 0.260. The molecule has 0 saturated carbocycles. The van der Waals surface area contributed by atoms with Crippen molar-refractivity contribution in [1.82, 2.24) is 10.2 Å². The Morgan fingerprint density at radius 3 is 2.47 bits per heavy atom. The maximum atomic E-state index is 11.6. The molecule has 4 nitrogen and oxygen atoms in total. The molecule has 0 aliphatic carbocycles. The van der Waals surface area contributed by atoms with Gasteiger partial charge in [-0.2, -0.15) is 0 Å². The van der Waals surface area contributed by atoms with Gasteiger partial charge in [-0.3, -0.25) is 9.69 Å². The lowest BCUT2D eigenvalue weighted by Crippen LogP contribution is -2.58. The first-order chi connectivity index (χ1) is 7.95. The molecule has 1 aliphatic heterocycles. The number of hydrogen-bond donors (Lipinski definition) is 1. The fraction of sp³-hybridized carbons (Fsp3) is 0.900. The molecule has 100 valence electrons. The van der Waals surface area contributed by atoms with Crippen LogP contribution >= 0.6 is 34.8 Å². The van der Waals surface area contributed by atoms with Crippen LogP contribution in [0.25, 0.3) is 0 Å². The van der Waals surface area contributed by atoms with Crippen molar-refractivity contribution < 1.29 is 9.53 Å². The van der Waals surface area contributed by atoms with E-state index in [9.17, 15) is 4.79 Å². The average molecular weight is 304 g/mol. The fourth-order valence-electron chi connectivity index (χ4n) is 1.67. The molecule has 0 unspecified atom stereocenters. The molecular weight excluding hydrogens is 286 g/mol. The molecular formula is C10H17Cl3N2O2. The lowest BCUT2D eigenvalue weighted by molar-refractivity contribution is -0.123. The van der Waals surface area contributed by atoms with E-state index in [0.29, 0.717) is 32.7 Å². The SMILES string of the molecule is CCCC(=O)N[C@@H](N1CCOCC1)C(Cl)(Cl)Cl. The third kappa shape index (κ3) is 5.18. The summed E-state index contributed by atoms with van der Waals surface area (Å²) in [4.78, 5) is 13.5. The highest BCUT2D eigenvalue weighted by atomic mass is 35.6. The topological polar surface area (TPSA) is 41.6 Å². The molecule has 1 N–H and O–H groups in total. The normalized spacial score (nSPS) is 20.0. The largest absolute Gasteiger partial charge is 0.379 e. The van der Waals surface area contributed by atoms with Crippen LogP contribution in [0.4, 0.5) is 0 Å². The first kappa shape index (κ1) is 15.3. The summed E-state index contributed by atoms with van der Waals surface area (Å²) in [5, 5.41) is 2.76. The fourth-order valence-corrected chi connectivity index (χ4v) is 2.25. The van der Waals surface area contributed by atoms with Crippen LogP contribution in [0.2, 0.25) is 0 Å². The molecule has 0 aromatic heterocycles. The molecule has 1 aliphatic rings. The molecule has 0 spiro atoms. The number of alkyl halides is 3. The molecule has 0 aromatic rings. The number of amides is 1. The lowest BCUT2D eigenvalue weighted by Gasteiger charge is -2.38. The number of nitrogens with zero attached hydrogens (tertiary/aromatic N) is 1. The molecule has 1 saturated heterocycles. The van der Waals surface area contributed by atoms with E-state index in [4.69, 9.17) is 39.5 Å². The quantitative estimate of drug-likeness (QED) is 0.807. The van der Waals surface area contributed by atoms with Crippen LogP contribution in [0.15, 0.2) is 0 Å². The number of nitrogens with one attached hydrogen (secondary N) is 1. The van der Waals surface area contributed by atoms with E-state index < -0.39 is 9.96 Å². The van der Waals surface area contributed by atoms with Crippen LogP contribution in [0.5, 0.6) is 0 Å². The number of carbonyl (C=O) groups excluding carboxylic acids is 1. The number of halogens is 3. The minimum Gasteiger partial charge on any atom is -0.379 e. The van der Waals surface area contributed by atoms with Crippen molar-refractivity contribution in [3.8, 4) is 0 Å². The average Bonchev–Trinajstić information content (AvgIpc) is 2.26. The van der Waals surface area contributed by atoms with Crippen LogP contribution in [0.1, 0.15) is 19.8 Å². The van der Waals surface area contributed by atoms with E-state index in [1.807, 2.05) is 11.8 Å². The minimum absolute atomic E-state index is 0.102. The van der Waals surface area contributed by atoms with Crippen LogP contribution in [0.3, 0.4) is 0 Å². The summed E-state index contributed by atoms with van der Waals surface area (Å²) in [7, 11) is 0. The third-order valence-electron chi connectivity index (χ3n) is 2.50. The molecule has 1 fully saturated rings. The number of hydrogen-bond acceptors (Lipinski definition) is 3. The van der Waals surface area contributed by atoms with Crippen molar-refractivity contribution in [2.45, 2.75) is 29.7 Å². The second-order valence-electron chi connectivity index (χ2n) is 3.91. The molecule has 0 bridgehead atoms. The summed E-state index contributed by atoms with van der Waals surface area (Å²) in [6, 6.07) is 0. The zero-order chi connectivity index (χ0) is 12.9. The molecule has 1 heterocycles. The Labute approximate surface area is 117 Å². The van der Waals surface area contributed by atoms with Crippen molar-refractivity contribution in [3.63, 3.8) is 0 Å². The van der Waals surface area contributed by atoms with Crippen molar-refractivity contribution in [1.29, 1.82) is 0 Å². The summed E-state index contributed by atoms with van der Waals surface area (Å²) >= 11 is 17.7. The van der Waals surface area contributed by atoms with Crippen molar-refractivity contribution in [2.75, 3.05) is 26.3 Å². The van der Waals surface area contributed by atoms with Gasteiger partial charge in [0.1, 0.15) is 6.17 Å². The maximum Gasteiger partial charge on any atom is 0.223 e. The number of rotatable bonds is 4. The van der Waals surface area contributed by atoms with Gasteiger partial charge in [-0.15, -0.1) is 0 Å². The predicted molar refractivity (Wildman–Crippen MR) is 69.5 cm³/mol. The van der Waals surface area contributed by atoms with Gasteiger partial charge in [0.2, 0.25) is 9.70 Å².